The Morgan fingerprint density at radius 2 is 1.75 bits per heavy atom. The zero-order chi connectivity index (χ0) is 17.3. The lowest BCUT2D eigenvalue weighted by Crippen LogP contribution is -2.19. The maximum atomic E-state index is 10.5. The van der Waals surface area contributed by atoms with Crippen molar-refractivity contribution in [3.63, 3.8) is 0 Å². The van der Waals surface area contributed by atoms with Gasteiger partial charge in [0.2, 0.25) is 11.5 Å². The summed E-state index contributed by atoms with van der Waals surface area (Å²) < 4.78 is 21.3. The second-order valence-corrected chi connectivity index (χ2v) is 5.59. The van der Waals surface area contributed by atoms with E-state index in [1.807, 2.05) is 18.2 Å². The summed E-state index contributed by atoms with van der Waals surface area (Å²) in [6.45, 7) is 0.378. The molecule has 0 saturated carbocycles. The van der Waals surface area contributed by atoms with E-state index >= 15 is 0 Å². The van der Waals surface area contributed by atoms with Crippen molar-refractivity contribution >= 4 is 0 Å². The molecular formula is C18H20O6. The van der Waals surface area contributed by atoms with Crippen LogP contribution in [0.2, 0.25) is 0 Å². The molecule has 24 heavy (non-hydrogen) atoms. The first-order valence-electron chi connectivity index (χ1n) is 7.55. The van der Waals surface area contributed by atoms with Crippen molar-refractivity contribution in [2.45, 2.75) is 12.3 Å². The quantitative estimate of drug-likeness (QED) is 0.839. The number of aromatic hydroxyl groups is 2. The first-order chi connectivity index (χ1) is 11.6. The number of hydrogen-bond donors (Lipinski definition) is 2. The normalized spacial score (nSPS) is 16.0. The maximum absolute atomic E-state index is 10.5. The molecule has 0 amide bonds. The average molecular weight is 332 g/mol. The van der Waals surface area contributed by atoms with Crippen molar-refractivity contribution in [3.05, 3.63) is 35.4 Å². The van der Waals surface area contributed by atoms with Gasteiger partial charge < -0.3 is 29.2 Å². The van der Waals surface area contributed by atoms with Gasteiger partial charge in [-0.15, -0.1) is 0 Å². The van der Waals surface area contributed by atoms with Crippen LogP contribution >= 0.6 is 0 Å². The molecule has 6 nitrogen and oxygen atoms in total. The largest absolute Gasteiger partial charge is 0.504 e. The van der Waals surface area contributed by atoms with Gasteiger partial charge in [0.15, 0.2) is 11.5 Å². The molecule has 128 valence electrons. The van der Waals surface area contributed by atoms with Gasteiger partial charge in [0.05, 0.1) is 27.9 Å². The van der Waals surface area contributed by atoms with E-state index in [0.717, 1.165) is 17.1 Å². The van der Waals surface area contributed by atoms with Crippen LogP contribution in [-0.4, -0.2) is 38.1 Å². The van der Waals surface area contributed by atoms with E-state index in [9.17, 15) is 10.2 Å². The van der Waals surface area contributed by atoms with Crippen LogP contribution in [0.25, 0.3) is 0 Å². The molecule has 0 aromatic heterocycles. The van der Waals surface area contributed by atoms with Crippen LogP contribution in [-0.2, 0) is 6.42 Å². The number of benzene rings is 2. The van der Waals surface area contributed by atoms with Gasteiger partial charge in [0.1, 0.15) is 11.5 Å². The topological polar surface area (TPSA) is 77.4 Å². The van der Waals surface area contributed by atoms with Gasteiger partial charge in [-0.25, -0.2) is 0 Å². The zero-order valence-electron chi connectivity index (χ0n) is 13.8. The maximum Gasteiger partial charge on any atom is 0.207 e. The van der Waals surface area contributed by atoms with E-state index in [-0.39, 0.29) is 28.9 Å². The number of methoxy groups -OCH3 is 3. The van der Waals surface area contributed by atoms with Crippen molar-refractivity contribution in [2.75, 3.05) is 27.9 Å². The molecule has 1 aliphatic rings. The van der Waals surface area contributed by atoms with Gasteiger partial charge >= 0.3 is 0 Å². The molecular weight excluding hydrogens is 312 g/mol. The number of ether oxygens (including phenoxy) is 4. The molecule has 2 aromatic carbocycles. The second-order valence-electron chi connectivity index (χ2n) is 5.59. The van der Waals surface area contributed by atoms with E-state index < -0.39 is 0 Å². The minimum Gasteiger partial charge on any atom is -0.504 e. The predicted octanol–water partition coefficient (Wildman–Crippen LogP) is 2.84. The summed E-state index contributed by atoms with van der Waals surface area (Å²) in [5.74, 6) is 1.50. The van der Waals surface area contributed by atoms with Gasteiger partial charge in [-0.1, -0.05) is 6.07 Å². The standard InChI is InChI=1S/C18H20O6/c1-21-12-5-4-10-6-11(9-24-15(10)7-12)13-8-14(19)17(22-2)18(23-3)16(13)20/h4-5,7-8,11,19-20H,6,9H2,1-3H3/t11-/m1/s1. The van der Waals surface area contributed by atoms with Crippen molar-refractivity contribution in [1.29, 1.82) is 0 Å². The molecule has 0 bridgehead atoms. The third-order valence-corrected chi connectivity index (χ3v) is 4.25. The Hall–Kier alpha value is -2.76. The van der Waals surface area contributed by atoms with Crippen molar-refractivity contribution in [2.24, 2.45) is 0 Å². The molecule has 0 spiro atoms. The summed E-state index contributed by atoms with van der Waals surface area (Å²) in [4.78, 5) is 0. The van der Waals surface area contributed by atoms with Crippen LogP contribution in [0.15, 0.2) is 24.3 Å². The fourth-order valence-corrected chi connectivity index (χ4v) is 3.01. The third kappa shape index (κ3) is 2.64. The Morgan fingerprint density at radius 1 is 1.00 bits per heavy atom. The predicted molar refractivity (Wildman–Crippen MR) is 87.8 cm³/mol. The summed E-state index contributed by atoms with van der Waals surface area (Å²) in [6, 6.07) is 7.16. The molecule has 0 radical (unpaired) electrons. The Bertz CT molecular complexity index is 756. The Balaban J connectivity index is 1.97. The molecule has 0 aliphatic carbocycles. The SMILES string of the molecule is COc1ccc2c(c1)OC[C@H](c1cc(O)c(OC)c(OC)c1O)C2. The third-order valence-electron chi connectivity index (χ3n) is 4.25. The second kappa shape index (κ2) is 6.39. The van der Waals surface area contributed by atoms with Gasteiger partial charge in [-0.3, -0.25) is 0 Å². The van der Waals surface area contributed by atoms with Crippen LogP contribution in [0.3, 0.4) is 0 Å². The summed E-state index contributed by atoms with van der Waals surface area (Å²) in [7, 11) is 4.43. The highest BCUT2D eigenvalue weighted by Crippen LogP contribution is 2.49. The summed E-state index contributed by atoms with van der Waals surface area (Å²) in [5.41, 5.74) is 1.58. The molecule has 1 aliphatic heterocycles. The minimum absolute atomic E-state index is 0.0438. The van der Waals surface area contributed by atoms with Crippen LogP contribution in [0, 0.1) is 0 Å². The molecule has 2 aromatic rings. The van der Waals surface area contributed by atoms with Gasteiger partial charge in [-0.2, -0.15) is 0 Å². The summed E-state index contributed by atoms with van der Waals surface area (Å²) in [6.07, 6.45) is 0.668. The van der Waals surface area contributed by atoms with Gasteiger partial charge in [-0.05, 0) is 24.1 Å². The highest BCUT2D eigenvalue weighted by molar-refractivity contribution is 5.63. The highest BCUT2D eigenvalue weighted by Gasteiger charge is 2.28. The number of fused-ring (bicyclic) bond motifs is 1. The Kier molecular flexibility index (Phi) is 4.29. The van der Waals surface area contributed by atoms with Gasteiger partial charge in [0, 0.05) is 17.5 Å². The van der Waals surface area contributed by atoms with E-state index in [0.29, 0.717) is 18.6 Å². The Morgan fingerprint density at radius 3 is 2.42 bits per heavy atom. The van der Waals surface area contributed by atoms with Crippen LogP contribution < -0.4 is 18.9 Å². The number of phenolic OH excluding ortho intramolecular Hbond substituents is 2. The van der Waals surface area contributed by atoms with Crippen LogP contribution in [0.1, 0.15) is 17.0 Å². The molecule has 2 N–H and O–H groups in total. The molecule has 3 rings (SSSR count). The van der Waals surface area contributed by atoms with Crippen molar-refractivity contribution < 1.29 is 29.2 Å². The molecule has 1 atom stereocenters. The zero-order valence-corrected chi connectivity index (χ0v) is 13.8. The lowest BCUT2D eigenvalue weighted by Gasteiger charge is -2.27. The summed E-state index contributed by atoms with van der Waals surface area (Å²) >= 11 is 0. The van der Waals surface area contributed by atoms with Gasteiger partial charge in [0.25, 0.3) is 0 Å². The van der Waals surface area contributed by atoms with E-state index in [1.54, 1.807) is 7.11 Å². The molecule has 1 heterocycles. The minimum atomic E-state index is -0.114. The van der Waals surface area contributed by atoms with Crippen molar-refractivity contribution in [3.8, 4) is 34.5 Å². The molecule has 0 saturated heterocycles. The summed E-state index contributed by atoms with van der Waals surface area (Å²) in [5, 5.41) is 20.7. The average Bonchev–Trinajstić information content (AvgIpc) is 2.61. The van der Waals surface area contributed by atoms with E-state index in [4.69, 9.17) is 18.9 Å². The first-order valence-corrected chi connectivity index (χ1v) is 7.55. The van der Waals surface area contributed by atoms with Crippen LogP contribution in [0.5, 0.6) is 34.5 Å². The number of phenols is 2. The fourth-order valence-electron chi connectivity index (χ4n) is 3.01. The van der Waals surface area contributed by atoms with E-state index in [2.05, 4.69) is 0 Å². The lowest BCUT2D eigenvalue weighted by molar-refractivity contribution is 0.255. The monoisotopic (exact) mass is 332 g/mol. The fraction of sp³-hybridized carbons (Fsp3) is 0.333. The number of hydrogen-bond acceptors (Lipinski definition) is 6. The van der Waals surface area contributed by atoms with Crippen LogP contribution in [0.4, 0.5) is 0 Å². The lowest BCUT2D eigenvalue weighted by atomic mass is 9.89. The van der Waals surface area contributed by atoms with Crippen molar-refractivity contribution in [1.82, 2.24) is 0 Å². The van der Waals surface area contributed by atoms with E-state index in [1.165, 1.54) is 20.3 Å². The Labute approximate surface area is 140 Å². The highest BCUT2D eigenvalue weighted by atomic mass is 16.5. The smallest absolute Gasteiger partial charge is 0.207 e. The molecule has 0 unspecified atom stereocenters. The molecule has 6 heteroatoms. The first kappa shape index (κ1) is 16.1. The molecule has 0 fully saturated rings. The number of rotatable bonds is 4.